The fourth-order valence-corrected chi connectivity index (χ4v) is 1.67. The highest BCUT2D eigenvalue weighted by Gasteiger charge is 2.12. The fourth-order valence-electron chi connectivity index (χ4n) is 1.50. The Labute approximate surface area is 109 Å². The number of halogens is 1. The highest BCUT2D eigenvalue weighted by molar-refractivity contribution is 6.28. The quantitative estimate of drug-likeness (QED) is 0.922. The molecule has 0 aliphatic rings. The number of likely N-dealkylation sites (N-methyl/N-ethyl adjacent to an activating group) is 1. The van der Waals surface area contributed by atoms with Crippen molar-refractivity contribution >= 4 is 23.2 Å². The van der Waals surface area contributed by atoms with E-state index in [9.17, 15) is 9.90 Å². The second-order valence-corrected chi connectivity index (χ2v) is 4.13. The summed E-state index contributed by atoms with van der Waals surface area (Å²) in [5.74, 6) is 0.0397. The summed E-state index contributed by atoms with van der Waals surface area (Å²) in [6.07, 6.45) is 3.18. The van der Waals surface area contributed by atoms with Gasteiger partial charge in [-0.3, -0.25) is 4.79 Å². The van der Waals surface area contributed by atoms with Gasteiger partial charge < -0.3 is 14.6 Å². The Hall–Kier alpha value is -2.01. The van der Waals surface area contributed by atoms with E-state index in [1.54, 1.807) is 29.9 Å². The number of anilines is 1. The molecule has 1 heterocycles. The number of nitrogens with zero attached hydrogens (tertiary/aromatic N) is 3. The molecule has 0 radical (unpaired) electrons. The van der Waals surface area contributed by atoms with Gasteiger partial charge in [-0.15, -0.1) is 0 Å². The first kappa shape index (κ1) is 12.4. The maximum absolute atomic E-state index is 12.0. The number of carbonyl (C=O) groups is 1. The first-order valence-electron chi connectivity index (χ1n) is 5.30. The standard InChI is InChI=1S/C12H12ClN3O2/c1-15(9-2-4-10(17)5-3-9)11(18)8-16-7-6-14-12(16)13/h2-7,17H,8H2,1H3. The summed E-state index contributed by atoms with van der Waals surface area (Å²) in [6, 6.07) is 6.40. The van der Waals surface area contributed by atoms with Crippen molar-refractivity contribution < 1.29 is 9.90 Å². The van der Waals surface area contributed by atoms with Gasteiger partial charge in [-0.1, -0.05) is 0 Å². The SMILES string of the molecule is CN(C(=O)Cn1ccnc1Cl)c1ccc(O)cc1. The number of hydrogen-bond acceptors (Lipinski definition) is 3. The van der Waals surface area contributed by atoms with E-state index in [1.165, 1.54) is 23.2 Å². The Kier molecular flexibility index (Phi) is 3.53. The van der Waals surface area contributed by atoms with Crippen LogP contribution < -0.4 is 4.90 Å². The molecule has 94 valence electrons. The summed E-state index contributed by atoms with van der Waals surface area (Å²) < 4.78 is 1.56. The van der Waals surface area contributed by atoms with Crippen molar-refractivity contribution in [3.05, 3.63) is 41.9 Å². The van der Waals surface area contributed by atoms with Crippen molar-refractivity contribution in [1.82, 2.24) is 9.55 Å². The first-order valence-corrected chi connectivity index (χ1v) is 5.68. The van der Waals surface area contributed by atoms with Crippen molar-refractivity contribution in [3.8, 4) is 5.75 Å². The normalized spacial score (nSPS) is 10.3. The minimum atomic E-state index is -0.124. The average Bonchev–Trinajstić information content (AvgIpc) is 2.75. The lowest BCUT2D eigenvalue weighted by atomic mass is 10.3. The average molecular weight is 266 g/mol. The molecule has 0 aliphatic carbocycles. The van der Waals surface area contributed by atoms with Gasteiger partial charge in [0.25, 0.3) is 0 Å². The van der Waals surface area contributed by atoms with E-state index in [0.717, 1.165) is 0 Å². The molecule has 0 bridgehead atoms. The molecular formula is C12H12ClN3O2. The van der Waals surface area contributed by atoms with Gasteiger partial charge in [-0.05, 0) is 35.9 Å². The number of amides is 1. The molecule has 1 amide bonds. The molecule has 0 aliphatic heterocycles. The van der Waals surface area contributed by atoms with E-state index in [0.29, 0.717) is 5.69 Å². The maximum atomic E-state index is 12.0. The van der Waals surface area contributed by atoms with Crippen molar-refractivity contribution in [2.45, 2.75) is 6.54 Å². The molecule has 5 nitrogen and oxygen atoms in total. The molecule has 2 rings (SSSR count). The number of rotatable bonds is 3. The first-order chi connectivity index (χ1) is 8.58. The second-order valence-electron chi connectivity index (χ2n) is 3.79. The monoisotopic (exact) mass is 265 g/mol. The smallest absolute Gasteiger partial charge is 0.246 e. The summed E-state index contributed by atoms with van der Waals surface area (Å²) in [5, 5.41) is 9.47. The Morgan fingerprint density at radius 2 is 2.11 bits per heavy atom. The number of imidazole rings is 1. The zero-order chi connectivity index (χ0) is 13.1. The van der Waals surface area contributed by atoms with Crippen molar-refractivity contribution in [2.24, 2.45) is 0 Å². The molecule has 1 N–H and O–H groups in total. The highest BCUT2D eigenvalue weighted by Crippen LogP contribution is 2.17. The molecular weight excluding hydrogens is 254 g/mol. The van der Waals surface area contributed by atoms with Crippen LogP contribution in [-0.4, -0.2) is 27.6 Å². The third-order valence-corrected chi connectivity index (χ3v) is 2.90. The van der Waals surface area contributed by atoms with Crippen LogP contribution >= 0.6 is 11.6 Å². The van der Waals surface area contributed by atoms with Crippen LogP contribution in [0.5, 0.6) is 5.75 Å². The Bertz CT molecular complexity index is 551. The van der Waals surface area contributed by atoms with Gasteiger partial charge in [0.1, 0.15) is 12.3 Å². The van der Waals surface area contributed by atoms with Crippen LogP contribution in [-0.2, 0) is 11.3 Å². The van der Waals surface area contributed by atoms with Gasteiger partial charge in [0.15, 0.2) is 0 Å². The Morgan fingerprint density at radius 3 is 2.67 bits per heavy atom. The second kappa shape index (κ2) is 5.10. The molecule has 1 aromatic heterocycles. The Morgan fingerprint density at radius 1 is 1.44 bits per heavy atom. The molecule has 0 saturated carbocycles. The lowest BCUT2D eigenvalue weighted by molar-refractivity contribution is -0.118. The molecule has 0 atom stereocenters. The summed E-state index contributed by atoms with van der Waals surface area (Å²) in [6.45, 7) is 0.121. The summed E-state index contributed by atoms with van der Waals surface area (Å²) >= 11 is 5.80. The van der Waals surface area contributed by atoms with Crippen LogP contribution in [0, 0.1) is 0 Å². The van der Waals surface area contributed by atoms with Crippen LogP contribution in [0.25, 0.3) is 0 Å². The molecule has 0 unspecified atom stereocenters. The molecule has 1 aromatic carbocycles. The minimum absolute atomic E-state index is 0.121. The number of aromatic nitrogens is 2. The van der Waals surface area contributed by atoms with E-state index in [-0.39, 0.29) is 23.5 Å². The Balaban J connectivity index is 2.09. The number of phenolic OH excluding ortho intramolecular Hbond substituents is 1. The summed E-state index contributed by atoms with van der Waals surface area (Å²) in [4.78, 5) is 17.3. The van der Waals surface area contributed by atoms with Crippen LogP contribution in [0.15, 0.2) is 36.7 Å². The van der Waals surface area contributed by atoms with E-state index in [2.05, 4.69) is 4.98 Å². The van der Waals surface area contributed by atoms with E-state index in [4.69, 9.17) is 11.6 Å². The molecule has 0 fully saturated rings. The number of carbonyl (C=O) groups excluding carboxylic acids is 1. The van der Waals surface area contributed by atoms with Gasteiger partial charge >= 0.3 is 0 Å². The maximum Gasteiger partial charge on any atom is 0.246 e. The van der Waals surface area contributed by atoms with Gasteiger partial charge in [-0.2, -0.15) is 0 Å². The van der Waals surface area contributed by atoms with E-state index < -0.39 is 0 Å². The van der Waals surface area contributed by atoms with E-state index in [1.807, 2.05) is 0 Å². The molecule has 0 spiro atoms. The van der Waals surface area contributed by atoms with Gasteiger partial charge in [0.05, 0.1) is 0 Å². The predicted molar refractivity (Wildman–Crippen MR) is 68.8 cm³/mol. The van der Waals surface area contributed by atoms with Gasteiger partial charge in [-0.25, -0.2) is 4.98 Å². The van der Waals surface area contributed by atoms with Crippen molar-refractivity contribution in [2.75, 3.05) is 11.9 Å². The lowest BCUT2D eigenvalue weighted by Crippen LogP contribution is -2.29. The van der Waals surface area contributed by atoms with Gasteiger partial charge in [0.2, 0.25) is 11.2 Å². The largest absolute Gasteiger partial charge is 0.508 e. The van der Waals surface area contributed by atoms with Gasteiger partial charge in [0, 0.05) is 25.1 Å². The van der Waals surface area contributed by atoms with Crippen molar-refractivity contribution in [1.29, 1.82) is 0 Å². The minimum Gasteiger partial charge on any atom is -0.508 e. The number of aromatic hydroxyl groups is 1. The zero-order valence-corrected chi connectivity index (χ0v) is 10.5. The number of benzene rings is 1. The third kappa shape index (κ3) is 2.62. The summed E-state index contributed by atoms with van der Waals surface area (Å²) in [5.41, 5.74) is 0.703. The predicted octanol–water partition coefficient (Wildman–Crippen LogP) is 1.91. The van der Waals surface area contributed by atoms with Crippen LogP contribution in [0.4, 0.5) is 5.69 Å². The van der Waals surface area contributed by atoms with E-state index >= 15 is 0 Å². The fraction of sp³-hybridized carbons (Fsp3) is 0.167. The lowest BCUT2D eigenvalue weighted by Gasteiger charge is -2.17. The van der Waals surface area contributed by atoms with Crippen molar-refractivity contribution in [3.63, 3.8) is 0 Å². The highest BCUT2D eigenvalue weighted by atomic mass is 35.5. The molecule has 18 heavy (non-hydrogen) atoms. The van der Waals surface area contributed by atoms with Crippen LogP contribution in [0.3, 0.4) is 0 Å². The number of phenols is 1. The zero-order valence-electron chi connectivity index (χ0n) is 9.75. The number of hydrogen-bond donors (Lipinski definition) is 1. The summed E-state index contributed by atoms with van der Waals surface area (Å²) in [7, 11) is 1.67. The topological polar surface area (TPSA) is 58.4 Å². The molecule has 0 saturated heterocycles. The molecule has 6 heteroatoms. The molecule has 2 aromatic rings. The third-order valence-electron chi connectivity index (χ3n) is 2.58. The van der Waals surface area contributed by atoms with Crippen LogP contribution in [0.2, 0.25) is 5.28 Å². The van der Waals surface area contributed by atoms with Crippen LogP contribution in [0.1, 0.15) is 0 Å².